The largest absolute Gasteiger partial charge is 0.334 e. The molecule has 5 heteroatoms. The summed E-state index contributed by atoms with van der Waals surface area (Å²) in [6.45, 7) is 2.67. The Bertz CT molecular complexity index is 492. The van der Waals surface area contributed by atoms with Crippen molar-refractivity contribution < 1.29 is 0 Å². The van der Waals surface area contributed by atoms with E-state index in [4.69, 9.17) is 11.6 Å². The average Bonchev–Trinajstić information content (AvgIpc) is 2.78. The second kappa shape index (κ2) is 4.04. The van der Waals surface area contributed by atoms with E-state index in [9.17, 15) is 0 Å². The van der Waals surface area contributed by atoms with Crippen LogP contribution in [0.2, 0.25) is 5.02 Å². The lowest BCUT2D eigenvalue weighted by atomic mass is 10.1. The van der Waals surface area contributed by atoms with E-state index in [0.29, 0.717) is 0 Å². The lowest BCUT2D eigenvalue weighted by Gasteiger charge is -2.30. The van der Waals surface area contributed by atoms with E-state index in [1.54, 1.807) is 0 Å². The Kier molecular flexibility index (Phi) is 2.52. The molecule has 88 valence electrons. The molecule has 0 fully saturated rings. The smallest absolute Gasteiger partial charge is 0.217 e. The molecule has 0 saturated carbocycles. The van der Waals surface area contributed by atoms with Gasteiger partial charge >= 0.3 is 0 Å². The minimum Gasteiger partial charge on any atom is -0.334 e. The molecule has 4 nitrogen and oxygen atoms in total. The second-order valence-electron chi connectivity index (χ2n) is 4.18. The van der Waals surface area contributed by atoms with Gasteiger partial charge in [-0.15, -0.1) is 0 Å². The van der Waals surface area contributed by atoms with Crippen LogP contribution in [0.25, 0.3) is 0 Å². The summed E-state index contributed by atoms with van der Waals surface area (Å²) < 4.78 is 0. The van der Waals surface area contributed by atoms with Gasteiger partial charge in [-0.1, -0.05) is 23.7 Å². The highest BCUT2D eigenvalue weighted by Crippen LogP contribution is 2.16. The zero-order chi connectivity index (χ0) is 11.8. The first kappa shape index (κ1) is 10.6. The molecule has 0 aromatic heterocycles. The normalized spacial score (nSPS) is 18.9. The molecule has 3 rings (SSSR count). The SMILES string of the molecule is CN1N=C(c2ccc(Cl)cc2)CN2CCN=C21. The minimum atomic E-state index is 0.752. The Labute approximate surface area is 105 Å². The number of hydrazone groups is 1. The maximum absolute atomic E-state index is 5.89. The van der Waals surface area contributed by atoms with Crippen molar-refractivity contribution in [3.8, 4) is 0 Å². The summed E-state index contributed by atoms with van der Waals surface area (Å²) in [6, 6.07) is 7.81. The quantitative estimate of drug-likeness (QED) is 0.757. The van der Waals surface area contributed by atoms with Crippen LogP contribution in [0.4, 0.5) is 0 Å². The molecule has 0 unspecified atom stereocenters. The summed E-state index contributed by atoms with van der Waals surface area (Å²) in [5, 5.41) is 7.16. The number of rotatable bonds is 1. The number of hydrogen-bond donors (Lipinski definition) is 0. The number of aliphatic imine (C=N–C) groups is 1. The summed E-state index contributed by atoms with van der Waals surface area (Å²) in [4.78, 5) is 6.67. The van der Waals surface area contributed by atoms with Crippen molar-refractivity contribution >= 4 is 23.3 Å². The zero-order valence-corrected chi connectivity index (χ0v) is 10.4. The number of benzene rings is 1. The Morgan fingerprint density at radius 1 is 1.24 bits per heavy atom. The van der Waals surface area contributed by atoms with Gasteiger partial charge in [-0.05, 0) is 17.7 Å². The van der Waals surface area contributed by atoms with Crippen LogP contribution >= 0.6 is 11.6 Å². The van der Waals surface area contributed by atoms with Crippen LogP contribution in [0.5, 0.6) is 0 Å². The molecule has 0 radical (unpaired) electrons. The first-order valence-electron chi connectivity index (χ1n) is 5.60. The summed E-state index contributed by atoms with van der Waals surface area (Å²) in [5.74, 6) is 0.975. The van der Waals surface area contributed by atoms with Crippen LogP contribution in [-0.2, 0) is 0 Å². The van der Waals surface area contributed by atoms with Gasteiger partial charge in [-0.2, -0.15) is 5.10 Å². The number of fused-ring (bicyclic) bond motifs is 1. The fourth-order valence-corrected chi connectivity index (χ4v) is 2.28. The highest BCUT2D eigenvalue weighted by Gasteiger charge is 2.26. The minimum absolute atomic E-state index is 0.752. The third-order valence-electron chi connectivity index (χ3n) is 2.98. The van der Waals surface area contributed by atoms with Gasteiger partial charge in [0.1, 0.15) is 0 Å². The lowest BCUT2D eigenvalue weighted by Crippen LogP contribution is -2.45. The van der Waals surface area contributed by atoms with Crippen molar-refractivity contribution in [3.63, 3.8) is 0 Å². The van der Waals surface area contributed by atoms with Gasteiger partial charge in [-0.3, -0.25) is 0 Å². The molecule has 0 bridgehead atoms. The van der Waals surface area contributed by atoms with E-state index < -0.39 is 0 Å². The van der Waals surface area contributed by atoms with Crippen LogP contribution < -0.4 is 0 Å². The van der Waals surface area contributed by atoms with E-state index >= 15 is 0 Å². The Morgan fingerprint density at radius 2 is 2.00 bits per heavy atom. The standard InChI is InChI=1S/C12H13ClN4/c1-16-12-14-6-7-17(12)8-11(15-16)9-2-4-10(13)5-3-9/h2-5H,6-8H2,1H3. The Morgan fingerprint density at radius 3 is 2.76 bits per heavy atom. The molecule has 2 heterocycles. The molecule has 0 amide bonds. The van der Waals surface area contributed by atoms with Crippen molar-refractivity contribution in [1.82, 2.24) is 9.91 Å². The van der Waals surface area contributed by atoms with Crippen molar-refractivity contribution in [2.75, 3.05) is 26.7 Å². The van der Waals surface area contributed by atoms with Crippen LogP contribution in [0.15, 0.2) is 34.4 Å². The lowest BCUT2D eigenvalue weighted by molar-refractivity contribution is 0.393. The van der Waals surface area contributed by atoms with E-state index in [0.717, 1.165) is 41.9 Å². The molecule has 1 aromatic rings. The van der Waals surface area contributed by atoms with E-state index in [1.807, 2.05) is 36.3 Å². The van der Waals surface area contributed by atoms with Gasteiger partial charge < -0.3 is 4.90 Å². The van der Waals surface area contributed by atoms with Crippen molar-refractivity contribution in [2.45, 2.75) is 0 Å². The topological polar surface area (TPSA) is 31.2 Å². The number of guanidine groups is 1. The molecule has 1 aromatic carbocycles. The molecule has 0 saturated heterocycles. The predicted octanol–water partition coefficient (Wildman–Crippen LogP) is 1.66. The second-order valence-corrected chi connectivity index (χ2v) is 4.62. The third-order valence-corrected chi connectivity index (χ3v) is 3.24. The average molecular weight is 249 g/mol. The Hall–Kier alpha value is -1.55. The van der Waals surface area contributed by atoms with Crippen molar-refractivity contribution in [2.24, 2.45) is 10.1 Å². The van der Waals surface area contributed by atoms with Gasteiger partial charge in [0.2, 0.25) is 5.96 Å². The molecule has 17 heavy (non-hydrogen) atoms. The summed E-state index contributed by atoms with van der Waals surface area (Å²) in [7, 11) is 1.94. The van der Waals surface area contributed by atoms with Crippen LogP contribution in [0.3, 0.4) is 0 Å². The van der Waals surface area contributed by atoms with Crippen LogP contribution in [0, 0.1) is 0 Å². The van der Waals surface area contributed by atoms with E-state index in [1.165, 1.54) is 0 Å². The summed E-state index contributed by atoms with van der Waals surface area (Å²) in [5.41, 5.74) is 2.18. The van der Waals surface area contributed by atoms with Crippen molar-refractivity contribution in [1.29, 1.82) is 0 Å². The predicted molar refractivity (Wildman–Crippen MR) is 69.6 cm³/mol. The first-order chi connectivity index (χ1) is 8.24. The van der Waals surface area contributed by atoms with Gasteiger partial charge in [0.15, 0.2) is 0 Å². The molecule has 0 spiro atoms. The van der Waals surface area contributed by atoms with E-state index in [2.05, 4.69) is 15.0 Å². The highest BCUT2D eigenvalue weighted by molar-refractivity contribution is 6.30. The maximum atomic E-state index is 5.89. The number of nitrogens with zero attached hydrogens (tertiary/aromatic N) is 4. The number of hydrogen-bond acceptors (Lipinski definition) is 4. The molecular weight excluding hydrogens is 236 g/mol. The molecule has 2 aliphatic heterocycles. The summed E-state index contributed by atoms with van der Waals surface area (Å²) in [6.07, 6.45) is 0. The molecule has 0 N–H and O–H groups in total. The Balaban J connectivity index is 1.92. The number of halogens is 1. The summed E-state index contributed by atoms with van der Waals surface area (Å²) >= 11 is 5.89. The monoisotopic (exact) mass is 248 g/mol. The third kappa shape index (κ3) is 1.89. The van der Waals surface area contributed by atoms with Crippen molar-refractivity contribution in [3.05, 3.63) is 34.9 Å². The molecule has 2 aliphatic rings. The molecule has 0 aliphatic carbocycles. The highest BCUT2D eigenvalue weighted by atomic mass is 35.5. The zero-order valence-electron chi connectivity index (χ0n) is 9.60. The molecular formula is C12H13ClN4. The van der Waals surface area contributed by atoms with Crippen LogP contribution in [0.1, 0.15) is 5.56 Å². The molecule has 0 atom stereocenters. The van der Waals surface area contributed by atoms with Gasteiger partial charge in [0.25, 0.3) is 0 Å². The first-order valence-corrected chi connectivity index (χ1v) is 5.98. The van der Waals surface area contributed by atoms with Gasteiger partial charge in [0.05, 0.1) is 18.8 Å². The maximum Gasteiger partial charge on any atom is 0.217 e. The van der Waals surface area contributed by atoms with Gasteiger partial charge in [-0.25, -0.2) is 10.0 Å². The van der Waals surface area contributed by atoms with Gasteiger partial charge in [0, 0.05) is 18.6 Å². The fraction of sp³-hybridized carbons (Fsp3) is 0.333. The fourth-order valence-electron chi connectivity index (χ4n) is 2.16. The van der Waals surface area contributed by atoms with E-state index in [-0.39, 0.29) is 0 Å². The van der Waals surface area contributed by atoms with Crippen LogP contribution in [-0.4, -0.2) is 48.3 Å².